The molecule has 0 unspecified atom stereocenters. The monoisotopic (exact) mass is 253 g/mol. The summed E-state index contributed by atoms with van der Waals surface area (Å²) in [5.74, 6) is 1.72. The van der Waals surface area contributed by atoms with Crippen molar-refractivity contribution >= 4 is 11.6 Å². The molecule has 0 amide bonds. The second kappa shape index (κ2) is 3.53. The van der Waals surface area contributed by atoms with Crippen LogP contribution in [0.15, 0.2) is 0 Å². The number of hydrogen-bond donors (Lipinski definition) is 1. The molecule has 0 bridgehead atoms. The zero-order chi connectivity index (χ0) is 12.2. The van der Waals surface area contributed by atoms with Gasteiger partial charge in [0.2, 0.25) is 0 Å². The number of nitrogens with two attached hydrogens (primary N) is 1. The van der Waals surface area contributed by atoms with Crippen LogP contribution in [0.3, 0.4) is 0 Å². The first-order valence-electron chi connectivity index (χ1n) is 5.92. The molecule has 3 rings (SSSR count). The molecule has 0 spiro atoms. The zero-order valence-corrected chi connectivity index (χ0v) is 10.9. The highest BCUT2D eigenvalue weighted by Gasteiger charge is 2.35. The normalized spacial score (nSPS) is 17.4. The summed E-state index contributed by atoms with van der Waals surface area (Å²) in [7, 11) is 0. The highest BCUT2D eigenvalue weighted by atomic mass is 35.5. The molecule has 2 N–H and O–H groups in total. The van der Waals surface area contributed by atoms with Crippen LogP contribution in [0.25, 0.3) is 0 Å². The molecular formula is C13H16ClNO2. The van der Waals surface area contributed by atoms with Gasteiger partial charge in [0.15, 0.2) is 0 Å². The van der Waals surface area contributed by atoms with Gasteiger partial charge in [-0.25, -0.2) is 0 Å². The third-order valence-electron chi connectivity index (χ3n) is 3.38. The fraction of sp³-hybridized carbons (Fsp3) is 0.538. The summed E-state index contributed by atoms with van der Waals surface area (Å²) in [6.07, 6.45) is 1.70. The number of halogens is 1. The van der Waals surface area contributed by atoms with Crippen LogP contribution in [0, 0.1) is 0 Å². The van der Waals surface area contributed by atoms with Gasteiger partial charge in [-0.15, -0.1) is 0 Å². The van der Waals surface area contributed by atoms with Gasteiger partial charge in [-0.3, -0.25) is 0 Å². The fourth-order valence-corrected chi connectivity index (χ4v) is 3.08. The Morgan fingerprint density at radius 1 is 1.06 bits per heavy atom. The van der Waals surface area contributed by atoms with E-state index in [9.17, 15) is 0 Å². The van der Waals surface area contributed by atoms with E-state index in [1.165, 1.54) is 0 Å². The van der Waals surface area contributed by atoms with Gasteiger partial charge in [-0.2, -0.15) is 0 Å². The molecule has 2 aliphatic rings. The van der Waals surface area contributed by atoms with E-state index in [0.29, 0.717) is 13.2 Å². The highest BCUT2D eigenvalue weighted by Crippen LogP contribution is 2.49. The van der Waals surface area contributed by atoms with Gasteiger partial charge < -0.3 is 15.2 Å². The lowest BCUT2D eigenvalue weighted by Crippen LogP contribution is -2.30. The quantitative estimate of drug-likeness (QED) is 0.836. The van der Waals surface area contributed by atoms with Crippen LogP contribution in [0.5, 0.6) is 11.5 Å². The van der Waals surface area contributed by atoms with Gasteiger partial charge in [0.1, 0.15) is 11.5 Å². The standard InChI is InChI=1S/C13H16ClNO2/c1-13(2,15)9-7-3-5-17-12(7)10(14)8-4-6-16-11(8)9/h3-6,15H2,1-2H3. The Hall–Kier alpha value is -0.930. The van der Waals surface area contributed by atoms with Gasteiger partial charge in [0.05, 0.1) is 18.2 Å². The number of hydrogen-bond acceptors (Lipinski definition) is 3. The van der Waals surface area contributed by atoms with Crippen LogP contribution in [-0.4, -0.2) is 13.2 Å². The maximum Gasteiger partial charge on any atom is 0.142 e. The minimum absolute atomic E-state index is 0.434. The Kier molecular flexibility index (Phi) is 2.32. The van der Waals surface area contributed by atoms with Gasteiger partial charge in [0.25, 0.3) is 0 Å². The molecule has 0 radical (unpaired) electrons. The zero-order valence-electron chi connectivity index (χ0n) is 10.1. The van der Waals surface area contributed by atoms with Crippen molar-refractivity contribution in [3.8, 4) is 11.5 Å². The van der Waals surface area contributed by atoms with E-state index in [1.807, 2.05) is 13.8 Å². The summed E-state index contributed by atoms with van der Waals surface area (Å²) in [4.78, 5) is 0. The molecule has 4 heteroatoms. The number of ether oxygens (including phenoxy) is 2. The predicted octanol–water partition coefficient (Wildman–Crippen LogP) is 2.40. The predicted molar refractivity (Wildman–Crippen MR) is 67.1 cm³/mol. The minimum Gasteiger partial charge on any atom is -0.493 e. The van der Waals surface area contributed by atoms with E-state index in [0.717, 1.165) is 46.1 Å². The van der Waals surface area contributed by atoms with E-state index >= 15 is 0 Å². The molecule has 2 heterocycles. The second-order valence-corrected chi connectivity index (χ2v) is 5.60. The van der Waals surface area contributed by atoms with Gasteiger partial charge in [-0.05, 0) is 13.8 Å². The van der Waals surface area contributed by atoms with E-state index < -0.39 is 5.54 Å². The topological polar surface area (TPSA) is 44.5 Å². The molecule has 1 aromatic rings. The lowest BCUT2D eigenvalue weighted by molar-refractivity contribution is 0.344. The Morgan fingerprint density at radius 3 is 2.29 bits per heavy atom. The summed E-state index contributed by atoms with van der Waals surface area (Å²) >= 11 is 6.38. The third-order valence-corrected chi connectivity index (χ3v) is 3.78. The van der Waals surface area contributed by atoms with Crippen LogP contribution in [-0.2, 0) is 18.4 Å². The molecule has 0 atom stereocenters. The first kappa shape index (κ1) is 11.2. The SMILES string of the molecule is CC(C)(N)c1c2c(c(Cl)c3c1OCC3)OCC2. The van der Waals surface area contributed by atoms with Gasteiger partial charge in [-0.1, -0.05) is 11.6 Å². The fourth-order valence-electron chi connectivity index (χ4n) is 2.73. The van der Waals surface area contributed by atoms with E-state index in [4.69, 9.17) is 26.8 Å². The van der Waals surface area contributed by atoms with Crippen molar-refractivity contribution in [3.05, 3.63) is 21.7 Å². The summed E-state index contributed by atoms with van der Waals surface area (Å²) in [5, 5.41) is 0.720. The van der Waals surface area contributed by atoms with Crippen LogP contribution in [0.1, 0.15) is 30.5 Å². The average Bonchev–Trinajstić information content (AvgIpc) is 2.83. The minimum atomic E-state index is -0.434. The molecule has 0 saturated heterocycles. The third kappa shape index (κ3) is 1.53. The molecule has 0 saturated carbocycles. The van der Waals surface area contributed by atoms with E-state index in [1.54, 1.807) is 0 Å². The molecule has 0 fully saturated rings. The first-order chi connectivity index (χ1) is 8.00. The van der Waals surface area contributed by atoms with Crippen LogP contribution in [0.4, 0.5) is 0 Å². The molecule has 17 heavy (non-hydrogen) atoms. The van der Waals surface area contributed by atoms with Crippen molar-refractivity contribution in [2.24, 2.45) is 5.73 Å². The highest BCUT2D eigenvalue weighted by molar-refractivity contribution is 6.33. The van der Waals surface area contributed by atoms with Crippen molar-refractivity contribution in [1.82, 2.24) is 0 Å². The summed E-state index contributed by atoms with van der Waals surface area (Å²) < 4.78 is 11.4. The van der Waals surface area contributed by atoms with Crippen molar-refractivity contribution in [3.63, 3.8) is 0 Å². The molecule has 0 aliphatic carbocycles. The van der Waals surface area contributed by atoms with Crippen molar-refractivity contribution in [2.75, 3.05) is 13.2 Å². The Labute approximate surface area is 106 Å². The smallest absolute Gasteiger partial charge is 0.142 e. The molecule has 92 valence electrons. The largest absolute Gasteiger partial charge is 0.493 e. The lowest BCUT2D eigenvalue weighted by Gasteiger charge is -2.25. The molecule has 0 aromatic heterocycles. The summed E-state index contributed by atoms with van der Waals surface area (Å²) in [6.45, 7) is 5.36. The number of fused-ring (bicyclic) bond motifs is 2. The maximum absolute atomic E-state index is 6.38. The first-order valence-corrected chi connectivity index (χ1v) is 6.30. The Bertz CT molecular complexity index is 456. The van der Waals surface area contributed by atoms with Gasteiger partial charge in [0, 0.05) is 35.1 Å². The Balaban J connectivity index is 2.34. The van der Waals surface area contributed by atoms with Crippen LogP contribution < -0.4 is 15.2 Å². The van der Waals surface area contributed by atoms with Crippen molar-refractivity contribution in [2.45, 2.75) is 32.2 Å². The van der Waals surface area contributed by atoms with Gasteiger partial charge >= 0.3 is 0 Å². The van der Waals surface area contributed by atoms with Crippen molar-refractivity contribution in [1.29, 1.82) is 0 Å². The molecular weight excluding hydrogens is 238 g/mol. The molecule has 3 nitrogen and oxygen atoms in total. The maximum atomic E-state index is 6.38. The second-order valence-electron chi connectivity index (χ2n) is 5.22. The number of rotatable bonds is 1. The Morgan fingerprint density at radius 2 is 1.65 bits per heavy atom. The van der Waals surface area contributed by atoms with Crippen LogP contribution in [0.2, 0.25) is 5.02 Å². The average molecular weight is 254 g/mol. The van der Waals surface area contributed by atoms with Crippen LogP contribution >= 0.6 is 11.6 Å². The summed E-state index contributed by atoms with van der Waals surface area (Å²) in [6, 6.07) is 0. The van der Waals surface area contributed by atoms with Crippen molar-refractivity contribution < 1.29 is 9.47 Å². The van der Waals surface area contributed by atoms with E-state index in [2.05, 4.69) is 0 Å². The summed E-state index contributed by atoms with van der Waals surface area (Å²) in [5.41, 5.74) is 9.10. The van der Waals surface area contributed by atoms with E-state index in [-0.39, 0.29) is 0 Å². The molecule has 1 aromatic carbocycles. The molecule has 2 aliphatic heterocycles. The lowest BCUT2D eigenvalue weighted by atomic mass is 9.87. The number of benzene rings is 1.